The van der Waals surface area contributed by atoms with E-state index < -0.39 is 0 Å². The van der Waals surface area contributed by atoms with Crippen LogP contribution in [0.15, 0.2) is 29.2 Å². The molecule has 0 aliphatic carbocycles. The molecule has 0 radical (unpaired) electrons. The van der Waals surface area contributed by atoms with Crippen molar-refractivity contribution < 1.29 is 4.79 Å². The van der Waals surface area contributed by atoms with E-state index in [1.54, 1.807) is 0 Å². The lowest BCUT2D eigenvalue weighted by molar-refractivity contribution is -0.119. The maximum absolute atomic E-state index is 11.9. The summed E-state index contributed by atoms with van der Waals surface area (Å²) in [7, 11) is 0. The number of hydrogen-bond donors (Lipinski definition) is 2. The van der Waals surface area contributed by atoms with Crippen molar-refractivity contribution >= 4 is 29.3 Å². The lowest BCUT2D eigenvalue weighted by atomic mass is 10.0. The molecule has 3 nitrogen and oxygen atoms in total. The van der Waals surface area contributed by atoms with Crippen molar-refractivity contribution in [3.63, 3.8) is 0 Å². The summed E-state index contributed by atoms with van der Waals surface area (Å²) in [6, 6.07) is 8.39. The highest BCUT2D eigenvalue weighted by Crippen LogP contribution is 2.26. The van der Waals surface area contributed by atoms with Crippen LogP contribution in [0.5, 0.6) is 0 Å². The van der Waals surface area contributed by atoms with Gasteiger partial charge in [0, 0.05) is 17.0 Å². The summed E-state index contributed by atoms with van der Waals surface area (Å²) < 4.78 is 0. The third-order valence-electron chi connectivity index (χ3n) is 3.18. The molecular weight excluding hydrogens is 280 g/mol. The fourth-order valence-electron chi connectivity index (χ4n) is 2.24. The third-order valence-corrected chi connectivity index (χ3v) is 4.70. The Hall–Kier alpha value is -0.710. The molecule has 0 spiro atoms. The molecule has 1 saturated heterocycles. The number of amides is 1. The number of piperidine rings is 1. The van der Waals surface area contributed by atoms with Gasteiger partial charge in [-0.05, 0) is 38.4 Å². The molecule has 104 valence electrons. The second kappa shape index (κ2) is 7.17. The van der Waals surface area contributed by atoms with Gasteiger partial charge in [-0.1, -0.05) is 23.7 Å². The fourth-order valence-corrected chi connectivity index (χ4v) is 3.29. The van der Waals surface area contributed by atoms with E-state index in [9.17, 15) is 4.79 Å². The van der Waals surface area contributed by atoms with E-state index in [0.29, 0.717) is 22.9 Å². The largest absolute Gasteiger partial charge is 0.353 e. The summed E-state index contributed by atoms with van der Waals surface area (Å²) in [5.41, 5.74) is 0. The highest BCUT2D eigenvalue weighted by molar-refractivity contribution is 8.00. The first-order valence-corrected chi connectivity index (χ1v) is 7.91. The van der Waals surface area contributed by atoms with E-state index in [1.807, 2.05) is 24.3 Å². The van der Waals surface area contributed by atoms with Crippen LogP contribution in [0.1, 0.15) is 19.8 Å². The summed E-state index contributed by atoms with van der Waals surface area (Å²) in [4.78, 5) is 12.9. The molecule has 0 bridgehead atoms. The van der Waals surface area contributed by atoms with Crippen molar-refractivity contribution in [2.45, 2.75) is 36.7 Å². The summed E-state index contributed by atoms with van der Waals surface area (Å²) in [5, 5.41) is 7.18. The third kappa shape index (κ3) is 4.71. The minimum Gasteiger partial charge on any atom is -0.353 e. The van der Waals surface area contributed by atoms with Crippen LogP contribution in [0, 0.1) is 0 Å². The van der Waals surface area contributed by atoms with E-state index in [0.717, 1.165) is 24.3 Å². The Morgan fingerprint density at radius 1 is 1.53 bits per heavy atom. The van der Waals surface area contributed by atoms with Crippen LogP contribution in [-0.2, 0) is 4.79 Å². The lowest BCUT2D eigenvalue weighted by Crippen LogP contribution is -2.47. The molecule has 1 amide bonds. The number of halogens is 1. The number of benzene rings is 1. The Balaban J connectivity index is 1.77. The Morgan fingerprint density at radius 2 is 2.32 bits per heavy atom. The number of rotatable bonds is 4. The zero-order chi connectivity index (χ0) is 13.7. The minimum atomic E-state index is 0.0871. The average Bonchev–Trinajstić information content (AvgIpc) is 2.38. The van der Waals surface area contributed by atoms with Crippen LogP contribution in [0.2, 0.25) is 5.02 Å². The molecule has 5 heteroatoms. The molecule has 1 aliphatic heterocycles. The normalized spacial score (nSPS) is 23.1. The van der Waals surface area contributed by atoms with Crippen molar-refractivity contribution in [2.75, 3.05) is 12.3 Å². The minimum absolute atomic E-state index is 0.0871. The second-order valence-corrected chi connectivity index (χ2v) is 6.29. The molecule has 2 unspecified atom stereocenters. The van der Waals surface area contributed by atoms with Crippen molar-refractivity contribution in [1.29, 1.82) is 0 Å². The summed E-state index contributed by atoms with van der Waals surface area (Å²) in [5.74, 6) is 0.506. The number of carbonyl (C=O) groups is 1. The van der Waals surface area contributed by atoms with Gasteiger partial charge in [-0.2, -0.15) is 0 Å². The monoisotopic (exact) mass is 298 g/mol. The maximum atomic E-state index is 11.9. The first kappa shape index (κ1) is 14.7. The van der Waals surface area contributed by atoms with Crippen molar-refractivity contribution in [1.82, 2.24) is 10.6 Å². The number of carbonyl (C=O) groups excluding carboxylic acids is 1. The molecule has 2 rings (SSSR count). The highest BCUT2D eigenvalue weighted by Gasteiger charge is 2.19. The summed E-state index contributed by atoms with van der Waals surface area (Å²) in [6.07, 6.45) is 2.01. The smallest absolute Gasteiger partial charge is 0.230 e. The maximum Gasteiger partial charge on any atom is 0.230 e. The molecule has 1 aliphatic rings. The zero-order valence-corrected chi connectivity index (χ0v) is 12.6. The predicted octanol–water partition coefficient (Wildman–Crippen LogP) is 2.69. The van der Waals surface area contributed by atoms with E-state index >= 15 is 0 Å². The van der Waals surface area contributed by atoms with E-state index in [4.69, 9.17) is 11.6 Å². The summed E-state index contributed by atoms with van der Waals surface area (Å²) >= 11 is 7.54. The molecule has 1 heterocycles. The van der Waals surface area contributed by atoms with Gasteiger partial charge in [0.25, 0.3) is 0 Å². The molecule has 1 aromatic rings. The van der Waals surface area contributed by atoms with E-state index in [-0.39, 0.29) is 5.91 Å². The van der Waals surface area contributed by atoms with Gasteiger partial charge >= 0.3 is 0 Å². The highest BCUT2D eigenvalue weighted by atomic mass is 35.5. The molecular formula is C14H19ClN2OS. The van der Waals surface area contributed by atoms with Gasteiger partial charge in [-0.25, -0.2) is 0 Å². The van der Waals surface area contributed by atoms with Crippen molar-refractivity contribution in [2.24, 2.45) is 0 Å². The average molecular weight is 299 g/mol. The number of thioether (sulfide) groups is 1. The fraction of sp³-hybridized carbons (Fsp3) is 0.500. The molecule has 1 fully saturated rings. The van der Waals surface area contributed by atoms with Crippen LogP contribution in [0.4, 0.5) is 0 Å². The SMILES string of the molecule is CC1CC(NC(=O)CSc2ccccc2Cl)CCN1. The van der Waals surface area contributed by atoms with Gasteiger partial charge in [-0.15, -0.1) is 11.8 Å². The predicted molar refractivity (Wildman–Crippen MR) is 80.8 cm³/mol. The Labute approximate surface area is 123 Å². The van der Waals surface area contributed by atoms with Crippen molar-refractivity contribution in [3.05, 3.63) is 29.3 Å². The van der Waals surface area contributed by atoms with Crippen molar-refractivity contribution in [3.8, 4) is 0 Å². The van der Waals surface area contributed by atoms with Gasteiger partial charge < -0.3 is 10.6 Å². The Kier molecular flexibility index (Phi) is 5.55. The van der Waals surface area contributed by atoms with Gasteiger partial charge in [0.1, 0.15) is 0 Å². The zero-order valence-electron chi connectivity index (χ0n) is 11.0. The first-order valence-electron chi connectivity index (χ1n) is 6.55. The van der Waals surface area contributed by atoms with E-state index in [2.05, 4.69) is 17.6 Å². The summed E-state index contributed by atoms with van der Waals surface area (Å²) in [6.45, 7) is 3.13. The lowest BCUT2D eigenvalue weighted by Gasteiger charge is -2.28. The van der Waals surface area contributed by atoms with Gasteiger partial charge in [0.05, 0.1) is 10.8 Å². The number of nitrogens with one attached hydrogen (secondary N) is 2. The van der Waals surface area contributed by atoms with Gasteiger partial charge in [0.15, 0.2) is 0 Å². The van der Waals surface area contributed by atoms with Crippen LogP contribution in [0.3, 0.4) is 0 Å². The van der Waals surface area contributed by atoms with Crippen LogP contribution >= 0.6 is 23.4 Å². The van der Waals surface area contributed by atoms with Crippen LogP contribution < -0.4 is 10.6 Å². The second-order valence-electron chi connectivity index (χ2n) is 4.86. The first-order chi connectivity index (χ1) is 9.15. The van der Waals surface area contributed by atoms with Crippen LogP contribution in [0.25, 0.3) is 0 Å². The number of hydrogen-bond acceptors (Lipinski definition) is 3. The van der Waals surface area contributed by atoms with Gasteiger partial charge in [0.2, 0.25) is 5.91 Å². The standard InChI is InChI=1S/C14H19ClN2OS/c1-10-8-11(6-7-16-10)17-14(18)9-19-13-5-3-2-4-12(13)15/h2-5,10-11,16H,6-9H2,1H3,(H,17,18). The molecule has 2 atom stereocenters. The molecule has 0 saturated carbocycles. The molecule has 19 heavy (non-hydrogen) atoms. The van der Waals surface area contributed by atoms with Gasteiger partial charge in [-0.3, -0.25) is 4.79 Å². The molecule has 2 N–H and O–H groups in total. The Morgan fingerprint density at radius 3 is 3.05 bits per heavy atom. The Bertz CT molecular complexity index is 441. The quantitative estimate of drug-likeness (QED) is 0.840. The molecule has 0 aromatic heterocycles. The molecule has 1 aromatic carbocycles. The topological polar surface area (TPSA) is 41.1 Å². The van der Waals surface area contributed by atoms with Crippen LogP contribution in [-0.4, -0.2) is 30.3 Å². The van der Waals surface area contributed by atoms with E-state index in [1.165, 1.54) is 11.8 Å².